The van der Waals surface area contributed by atoms with Crippen LogP contribution in [0.5, 0.6) is 5.75 Å². The van der Waals surface area contributed by atoms with Crippen LogP contribution in [0.3, 0.4) is 0 Å². The standard InChI is InChI=1S/C12H17NO4/c1-3-16-12(14)7-9-4-5-11(10(13)6-9)17-8-15-2/h4-6H,3,7-8,13H2,1-2H3. The van der Waals surface area contributed by atoms with Crippen molar-refractivity contribution < 1.29 is 19.0 Å². The Morgan fingerprint density at radius 1 is 1.41 bits per heavy atom. The molecule has 0 fully saturated rings. The fourth-order valence-corrected chi connectivity index (χ4v) is 1.34. The largest absolute Gasteiger partial charge is 0.466 e. The summed E-state index contributed by atoms with van der Waals surface area (Å²) in [5.41, 5.74) is 7.05. The summed E-state index contributed by atoms with van der Waals surface area (Å²) in [6.07, 6.45) is 0.211. The van der Waals surface area contributed by atoms with E-state index in [9.17, 15) is 4.79 Å². The van der Waals surface area contributed by atoms with Crippen LogP contribution in [0.15, 0.2) is 18.2 Å². The first-order valence-electron chi connectivity index (χ1n) is 5.33. The summed E-state index contributed by atoms with van der Waals surface area (Å²) in [5.74, 6) is 0.275. The molecule has 1 aromatic rings. The normalized spacial score (nSPS) is 10.0. The lowest BCUT2D eigenvalue weighted by Gasteiger charge is -2.09. The molecule has 0 aliphatic rings. The van der Waals surface area contributed by atoms with E-state index in [1.54, 1.807) is 25.1 Å². The van der Waals surface area contributed by atoms with Crippen LogP contribution >= 0.6 is 0 Å². The first-order valence-corrected chi connectivity index (χ1v) is 5.33. The fourth-order valence-electron chi connectivity index (χ4n) is 1.34. The zero-order valence-corrected chi connectivity index (χ0v) is 10.1. The smallest absolute Gasteiger partial charge is 0.310 e. The highest BCUT2D eigenvalue weighted by molar-refractivity contribution is 5.73. The number of hydrogen-bond donors (Lipinski definition) is 1. The molecule has 0 aliphatic heterocycles. The molecule has 0 aliphatic carbocycles. The number of carbonyl (C=O) groups excluding carboxylic acids is 1. The molecule has 0 saturated heterocycles. The molecule has 0 atom stereocenters. The summed E-state index contributed by atoms with van der Waals surface area (Å²) in [6.45, 7) is 2.29. The van der Waals surface area contributed by atoms with E-state index >= 15 is 0 Å². The van der Waals surface area contributed by atoms with E-state index in [0.29, 0.717) is 18.0 Å². The highest BCUT2D eigenvalue weighted by atomic mass is 16.7. The molecule has 0 amide bonds. The Hall–Kier alpha value is -1.75. The van der Waals surface area contributed by atoms with Gasteiger partial charge in [-0.3, -0.25) is 4.79 Å². The van der Waals surface area contributed by atoms with Gasteiger partial charge in [-0.15, -0.1) is 0 Å². The third-order valence-electron chi connectivity index (χ3n) is 2.06. The van der Waals surface area contributed by atoms with Crippen LogP contribution in [0.4, 0.5) is 5.69 Å². The Labute approximate surface area is 100 Å². The van der Waals surface area contributed by atoms with Gasteiger partial charge in [-0.05, 0) is 24.6 Å². The number of rotatable bonds is 6. The van der Waals surface area contributed by atoms with Crippen LogP contribution in [0.2, 0.25) is 0 Å². The molecule has 1 rings (SSSR count). The van der Waals surface area contributed by atoms with E-state index in [1.807, 2.05) is 0 Å². The molecule has 1 aromatic carbocycles. The van der Waals surface area contributed by atoms with Gasteiger partial charge in [-0.2, -0.15) is 0 Å². The Bertz CT molecular complexity index is 379. The number of anilines is 1. The number of hydrogen-bond acceptors (Lipinski definition) is 5. The van der Waals surface area contributed by atoms with Gasteiger partial charge in [0.2, 0.25) is 0 Å². The van der Waals surface area contributed by atoms with E-state index < -0.39 is 0 Å². The van der Waals surface area contributed by atoms with E-state index in [-0.39, 0.29) is 19.2 Å². The second kappa shape index (κ2) is 6.75. The summed E-state index contributed by atoms with van der Waals surface area (Å²) < 4.78 is 14.9. The van der Waals surface area contributed by atoms with Crippen LogP contribution in [0.1, 0.15) is 12.5 Å². The zero-order valence-electron chi connectivity index (χ0n) is 10.1. The molecular formula is C12H17NO4. The quantitative estimate of drug-likeness (QED) is 0.461. The van der Waals surface area contributed by atoms with Crippen molar-refractivity contribution in [2.75, 3.05) is 26.2 Å². The highest BCUT2D eigenvalue weighted by Crippen LogP contribution is 2.22. The summed E-state index contributed by atoms with van der Waals surface area (Å²) in [4.78, 5) is 11.3. The molecule has 0 spiro atoms. The average Bonchev–Trinajstić information content (AvgIpc) is 2.28. The molecule has 0 saturated carbocycles. The minimum Gasteiger partial charge on any atom is -0.466 e. The number of benzene rings is 1. The van der Waals surface area contributed by atoms with Gasteiger partial charge >= 0.3 is 5.97 Å². The van der Waals surface area contributed by atoms with Crippen molar-refractivity contribution in [3.05, 3.63) is 23.8 Å². The van der Waals surface area contributed by atoms with Crippen LogP contribution in [-0.4, -0.2) is 26.5 Å². The van der Waals surface area contributed by atoms with E-state index in [1.165, 1.54) is 7.11 Å². The van der Waals surface area contributed by atoms with Crippen LogP contribution < -0.4 is 10.5 Å². The SMILES string of the molecule is CCOC(=O)Cc1ccc(OCOC)c(N)c1. The van der Waals surface area contributed by atoms with Crippen LogP contribution in [0, 0.1) is 0 Å². The van der Waals surface area contributed by atoms with Gasteiger partial charge in [-0.25, -0.2) is 0 Å². The number of carbonyl (C=O) groups is 1. The zero-order chi connectivity index (χ0) is 12.7. The third-order valence-corrected chi connectivity index (χ3v) is 2.06. The van der Waals surface area contributed by atoms with Gasteiger partial charge in [0, 0.05) is 7.11 Å². The van der Waals surface area contributed by atoms with Gasteiger partial charge in [0.25, 0.3) is 0 Å². The molecule has 5 heteroatoms. The second-order valence-electron chi connectivity index (χ2n) is 3.40. The van der Waals surface area contributed by atoms with Crippen molar-refractivity contribution in [1.82, 2.24) is 0 Å². The first kappa shape index (κ1) is 13.3. The molecule has 2 N–H and O–H groups in total. The molecule has 17 heavy (non-hydrogen) atoms. The molecule has 0 aromatic heterocycles. The van der Waals surface area contributed by atoms with Crippen molar-refractivity contribution >= 4 is 11.7 Å². The predicted molar refractivity (Wildman–Crippen MR) is 63.7 cm³/mol. The highest BCUT2D eigenvalue weighted by Gasteiger charge is 2.07. The van der Waals surface area contributed by atoms with E-state index in [4.69, 9.17) is 19.9 Å². The van der Waals surface area contributed by atoms with Gasteiger partial charge in [0.05, 0.1) is 18.7 Å². The summed E-state index contributed by atoms with van der Waals surface area (Å²) in [7, 11) is 1.53. The molecule has 94 valence electrons. The summed E-state index contributed by atoms with van der Waals surface area (Å²) in [6, 6.07) is 5.18. The Morgan fingerprint density at radius 2 is 2.18 bits per heavy atom. The number of nitrogen functional groups attached to an aromatic ring is 1. The lowest BCUT2D eigenvalue weighted by Crippen LogP contribution is -2.08. The van der Waals surface area contributed by atoms with E-state index in [0.717, 1.165) is 5.56 Å². The Balaban J connectivity index is 2.64. The third kappa shape index (κ3) is 4.32. The summed E-state index contributed by atoms with van der Waals surface area (Å²) >= 11 is 0. The fraction of sp³-hybridized carbons (Fsp3) is 0.417. The Kier molecular flexibility index (Phi) is 5.29. The maximum absolute atomic E-state index is 11.3. The van der Waals surface area contributed by atoms with Crippen molar-refractivity contribution in [2.24, 2.45) is 0 Å². The molecule has 0 radical (unpaired) electrons. The number of esters is 1. The molecule has 0 unspecified atom stereocenters. The van der Waals surface area contributed by atoms with Crippen LogP contribution in [-0.2, 0) is 20.7 Å². The van der Waals surface area contributed by atoms with Crippen molar-refractivity contribution in [2.45, 2.75) is 13.3 Å². The predicted octanol–water partition coefficient (Wildman–Crippen LogP) is 1.36. The molecule has 5 nitrogen and oxygen atoms in total. The van der Waals surface area contributed by atoms with Gasteiger partial charge in [-0.1, -0.05) is 6.07 Å². The van der Waals surface area contributed by atoms with Crippen molar-refractivity contribution in [3.8, 4) is 5.75 Å². The number of methoxy groups -OCH3 is 1. The van der Waals surface area contributed by atoms with Crippen molar-refractivity contribution in [3.63, 3.8) is 0 Å². The monoisotopic (exact) mass is 239 g/mol. The van der Waals surface area contributed by atoms with Gasteiger partial charge in [0.1, 0.15) is 5.75 Å². The van der Waals surface area contributed by atoms with E-state index in [2.05, 4.69) is 0 Å². The van der Waals surface area contributed by atoms with Gasteiger partial charge in [0.15, 0.2) is 6.79 Å². The molecule has 0 bridgehead atoms. The minimum absolute atomic E-state index is 0.140. The van der Waals surface area contributed by atoms with Crippen LogP contribution in [0.25, 0.3) is 0 Å². The number of ether oxygens (including phenoxy) is 3. The maximum Gasteiger partial charge on any atom is 0.310 e. The second-order valence-corrected chi connectivity index (χ2v) is 3.40. The minimum atomic E-state index is -0.266. The Morgan fingerprint density at radius 3 is 2.76 bits per heavy atom. The topological polar surface area (TPSA) is 70.8 Å². The lowest BCUT2D eigenvalue weighted by atomic mass is 10.1. The molecule has 0 heterocycles. The van der Waals surface area contributed by atoms with Gasteiger partial charge < -0.3 is 19.9 Å². The first-order chi connectivity index (χ1) is 8.17. The molecular weight excluding hydrogens is 222 g/mol. The van der Waals surface area contributed by atoms with Crippen molar-refractivity contribution in [1.29, 1.82) is 0 Å². The number of nitrogens with two attached hydrogens (primary N) is 1. The summed E-state index contributed by atoms with van der Waals surface area (Å²) in [5, 5.41) is 0. The maximum atomic E-state index is 11.3. The lowest BCUT2D eigenvalue weighted by molar-refractivity contribution is -0.142. The average molecular weight is 239 g/mol.